The summed E-state index contributed by atoms with van der Waals surface area (Å²) in [6.45, 7) is 0. The molecule has 0 bridgehead atoms. The number of hydrogen-bond acceptors (Lipinski definition) is 10. The van der Waals surface area contributed by atoms with Crippen LogP contribution in [0.25, 0.3) is 0 Å². The Morgan fingerprint density at radius 2 is 1.90 bits per heavy atom. The molecule has 11 nitrogen and oxygen atoms in total. The van der Waals surface area contributed by atoms with Gasteiger partial charge in [-0.25, -0.2) is 0 Å². The highest BCUT2D eigenvalue weighted by atomic mass is 16.5. The first kappa shape index (κ1) is 28.4. The van der Waals surface area contributed by atoms with Crippen LogP contribution in [0.5, 0.6) is 11.5 Å². The Labute approximate surface area is 236 Å². The van der Waals surface area contributed by atoms with Crippen LogP contribution in [-0.2, 0) is 28.9 Å². The fourth-order valence-electron chi connectivity index (χ4n) is 7.13. The minimum Gasteiger partial charge on any atom is -0.508 e. The van der Waals surface area contributed by atoms with E-state index in [0.717, 1.165) is 16.9 Å². The van der Waals surface area contributed by atoms with Crippen molar-refractivity contribution in [3.05, 3.63) is 74.9 Å². The van der Waals surface area contributed by atoms with Crippen molar-refractivity contribution in [1.29, 1.82) is 0 Å². The van der Waals surface area contributed by atoms with Crippen molar-refractivity contribution in [3.8, 4) is 11.5 Å². The number of nitrogens with zero attached hydrogens (tertiary/aromatic N) is 2. The minimum absolute atomic E-state index is 0.0132. The number of allylic oxidation sites excluding steroid dienone is 1. The zero-order chi connectivity index (χ0) is 29.8. The lowest BCUT2D eigenvalue weighted by Crippen LogP contribution is -2.70. The molecule has 0 aromatic heterocycles. The molecule has 3 aliphatic carbocycles. The number of amides is 1. The number of fused-ring (bicyclic) bond motifs is 3. The number of aliphatic hydroxyl groups is 2. The lowest BCUT2D eigenvalue weighted by Gasteiger charge is -2.53. The quantitative estimate of drug-likeness (QED) is 0.289. The number of methoxy groups -OCH3 is 1. The normalized spacial score (nSPS) is 29.0. The number of phenols is 1. The second-order valence-electron chi connectivity index (χ2n) is 11.3. The number of benzene rings is 2. The minimum atomic E-state index is -2.63. The van der Waals surface area contributed by atoms with Crippen LogP contribution in [0.3, 0.4) is 0 Å². The molecule has 5 N–H and O–H groups in total. The average molecular weight is 564 g/mol. The number of Topliss-reactive ketones (excluding diaryl/α,β-unsaturated/α-hetero) is 2. The first-order valence-electron chi connectivity index (χ1n) is 13.4. The summed E-state index contributed by atoms with van der Waals surface area (Å²) in [7, 11) is 4.82. The molecule has 0 radical (unpaired) electrons. The van der Waals surface area contributed by atoms with E-state index in [1.165, 1.54) is 6.07 Å². The standard InChI is InChI=1S/C30H33N3O8/c1-33(2)25-19-13-16-12-18-15(8-7-14-5-4-6-17(11-14)41-3)9-10-20(34)22(18)26(35)21(16)27(36)30(19,39)28(37)23(29(31)38)24(25)32-40/h4-6,9-11,16,19,23-25,34,36,39H,7-8,12-13H2,1-3H3,(H2,31,38)/t16?,19?,23?,24?,25-,30-/m0/s1. The van der Waals surface area contributed by atoms with Gasteiger partial charge in [0.1, 0.15) is 29.2 Å². The maximum Gasteiger partial charge on any atom is 0.230 e. The van der Waals surface area contributed by atoms with Gasteiger partial charge in [-0.3, -0.25) is 14.4 Å². The van der Waals surface area contributed by atoms with Gasteiger partial charge in [0.15, 0.2) is 17.2 Å². The molecule has 1 fully saturated rings. The zero-order valence-electron chi connectivity index (χ0n) is 23.0. The predicted octanol–water partition coefficient (Wildman–Crippen LogP) is 1.85. The lowest BCUT2D eigenvalue weighted by atomic mass is 9.55. The van der Waals surface area contributed by atoms with Gasteiger partial charge in [0.05, 0.1) is 12.7 Å². The number of carbonyl (C=O) groups excluding carboxylic acids is 3. The van der Waals surface area contributed by atoms with Crippen LogP contribution in [0.1, 0.15) is 33.5 Å². The van der Waals surface area contributed by atoms with Gasteiger partial charge in [-0.2, -0.15) is 4.91 Å². The molecule has 5 rings (SSSR count). The van der Waals surface area contributed by atoms with Crippen molar-refractivity contribution in [2.45, 2.75) is 43.4 Å². The van der Waals surface area contributed by atoms with Crippen molar-refractivity contribution < 1.29 is 34.4 Å². The molecular formula is C30H33N3O8. The van der Waals surface area contributed by atoms with Crippen molar-refractivity contribution >= 4 is 17.5 Å². The summed E-state index contributed by atoms with van der Waals surface area (Å²) in [5.74, 6) is -6.87. The van der Waals surface area contributed by atoms with Crippen LogP contribution in [-0.4, -0.2) is 76.6 Å². The Balaban J connectivity index is 1.59. The van der Waals surface area contributed by atoms with Gasteiger partial charge >= 0.3 is 0 Å². The monoisotopic (exact) mass is 563 g/mol. The van der Waals surface area contributed by atoms with Gasteiger partial charge in [0.25, 0.3) is 0 Å². The number of ether oxygens (including phenoxy) is 1. The first-order valence-corrected chi connectivity index (χ1v) is 13.4. The number of ketones is 2. The van der Waals surface area contributed by atoms with E-state index in [4.69, 9.17) is 10.5 Å². The number of rotatable bonds is 7. The number of hydrogen-bond donors (Lipinski definition) is 4. The number of nitroso groups, excluding NO2 is 1. The van der Waals surface area contributed by atoms with Crippen molar-refractivity contribution in [1.82, 2.24) is 4.90 Å². The number of nitrogens with two attached hydrogens (primary N) is 1. The fraction of sp³-hybridized carbons (Fsp3) is 0.433. The number of primary amides is 1. The van der Waals surface area contributed by atoms with Crippen LogP contribution in [0.15, 0.2) is 52.9 Å². The second-order valence-corrected chi connectivity index (χ2v) is 11.3. The van der Waals surface area contributed by atoms with E-state index in [2.05, 4.69) is 5.18 Å². The third-order valence-electron chi connectivity index (χ3n) is 9.01. The van der Waals surface area contributed by atoms with E-state index in [0.29, 0.717) is 18.4 Å². The van der Waals surface area contributed by atoms with Crippen LogP contribution >= 0.6 is 0 Å². The third-order valence-corrected chi connectivity index (χ3v) is 9.01. The SMILES string of the molecule is COc1cccc(CCc2ccc(O)c3c2CC2CC4[C@H](N(C)C)C(N=O)C(C(N)=O)C(=O)[C@@]4(O)C(O)=C2C3=O)c1. The van der Waals surface area contributed by atoms with Crippen LogP contribution in [0.4, 0.5) is 0 Å². The average Bonchev–Trinajstić information content (AvgIpc) is 2.93. The molecule has 0 aliphatic heterocycles. The highest BCUT2D eigenvalue weighted by Crippen LogP contribution is 2.53. The topological polar surface area (TPSA) is 180 Å². The maximum absolute atomic E-state index is 13.9. The highest BCUT2D eigenvalue weighted by Gasteiger charge is 2.66. The molecule has 216 valence electrons. The summed E-state index contributed by atoms with van der Waals surface area (Å²) in [5.41, 5.74) is 5.18. The summed E-state index contributed by atoms with van der Waals surface area (Å²) in [4.78, 5) is 53.2. The van der Waals surface area contributed by atoms with Crippen LogP contribution < -0.4 is 10.5 Å². The Kier molecular flexibility index (Phi) is 7.20. The van der Waals surface area contributed by atoms with Gasteiger partial charge in [0.2, 0.25) is 5.91 Å². The molecule has 0 saturated heterocycles. The molecule has 3 aliphatic rings. The molecule has 6 atom stereocenters. The van der Waals surface area contributed by atoms with E-state index in [1.54, 1.807) is 32.2 Å². The van der Waals surface area contributed by atoms with E-state index >= 15 is 0 Å². The summed E-state index contributed by atoms with van der Waals surface area (Å²) < 4.78 is 5.31. The van der Waals surface area contributed by atoms with Gasteiger partial charge in [-0.1, -0.05) is 23.4 Å². The Morgan fingerprint density at radius 1 is 1.17 bits per heavy atom. The zero-order valence-corrected chi connectivity index (χ0v) is 23.0. The lowest BCUT2D eigenvalue weighted by molar-refractivity contribution is -0.166. The number of phenolic OH excluding ortho intramolecular Hbond substituents is 1. The molecule has 1 saturated carbocycles. The molecule has 0 heterocycles. The first-order chi connectivity index (χ1) is 19.4. The fourth-order valence-corrected chi connectivity index (χ4v) is 7.13. The largest absolute Gasteiger partial charge is 0.508 e. The predicted molar refractivity (Wildman–Crippen MR) is 147 cm³/mol. The third kappa shape index (κ3) is 4.31. The number of aliphatic hydroxyl groups excluding tert-OH is 1. The van der Waals surface area contributed by atoms with Crippen LogP contribution in [0, 0.1) is 22.7 Å². The number of likely N-dealkylation sites (N-methyl/N-ethyl adjacent to an activating group) is 1. The number of aromatic hydroxyl groups is 1. The summed E-state index contributed by atoms with van der Waals surface area (Å²) in [5, 5.41) is 37.1. The molecular weight excluding hydrogens is 530 g/mol. The number of aryl methyl sites for hydroxylation is 2. The van der Waals surface area contributed by atoms with Crippen molar-refractivity contribution in [2.75, 3.05) is 21.2 Å². The van der Waals surface area contributed by atoms with Crippen molar-refractivity contribution in [3.63, 3.8) is 0 Å². The molecule has 41 heavy (non-hydrogen) atoms. The van der Waals surface area contributed by atoms with Gasteiger partial charge in [-0.15, -0.1) is 0 Å². The van der Waals surface area contributed by atoms with E-state index in [1.807, 2.05) is 24.3 Å². The van der Waals surface area contributed by atoms with E-state index < -0.39 is 58.7 Å². The summed E-state index contributed by atoms with van der Waals surface area (Å²) in [6.07, 6.45) is 1.51. The molecule has 1 amide bonds. The molecule has 11 heteroatoms. The van der Waals surface area contributed by atoms with Gasteiger partial charge < -0.3 is 30.7 Å². The summed E-state index contributed by atoms with van der Waals surface area (Å²) in [6, 6.07) is 8.52. The highest BCUT2D eigenvalue weighted by molar-refractivity contribution is 6.15. The Hall–Kier alpha value is -4.09. The maximum atomic E-state index is 13.9. The van der Waals surface area contributed by atoms with Gasteiger partial charge in [0, 0.05) is 17.5 Å². The van der Waals surface area contributed by atoms with E-state index in [-0.39, 0.29) is 29.7 Å². The van der Waals surface area contributed by atoms with Gasteiger partial charge in [-0.05, 0) is 80.6 Å². The smallest absolute Gasteiger partial charge is 0.230 e. The molecule has 4 unspecified atom stereocenters. The molecule has 2 aromatic carbocycles. The van der Waals surface area contributed by atoms with Crippen molar-refractivity contribution in [2.24, 2.45) is 28.7 Å². The Morgan fingerprint density at radius 3 is 2.54 bits per heavy atom. The van der Waals surface area contributed by atoms with Crippen LogP contribution in [0.2, 0.25) is 0 Å². The molecule has 2 aromatic rings. The Bertz CT molecular complexity index is 1480. The summed E-state index contributed by atoms with van der Waals surface area (Å²) >= 11 is 0. The molecule has 0 spiro atoms. The van der Waals surface area contributed by atoms with E-state index in [9.17, 15) is 34.6 Å². The second kappa shape index (κ2) is 10.4. The number of carbonyl (C=O) groups is 3.